The van der Waals surface area contributed by atoms with E-state index in [4.69, 9.17) is 0 Å². The van der Waals surface area contributed by atoms with Crippen LogP contribution in [-0.4, -0.2) is 45.4 Å². The lowest BCUT2D eigenvalue weighted by Gasteiger charge is -2.30. The van der Waals surface area contributed by atoms with Crippen molar-refractivity contribution in [3.05, 3.63) is 0 Å². The van der Waals surface area contributed by atoms with Crippen molar-refractivity contribution in [2.45, 2.75) is 32.6 Å². The maximum Gasteiger partial charge on any atom is 0.279 e. The Morgan fingerprint density at radius 1 is 1.28 bits per heavy atom. The molecule has 1 heterocycles. The maximum atomic E-state index is 12.1. The molecule has 0 aromatic carbocycles. The summed E-state index contributed by atoms with van der Waals surface area (Å²) in [6, 6.07) is 0. The van der Waals surface area contributed by atoms with Crippen molar-refractivity contribution < 1.29 is 8.42 Å². The zero-order chi connectivity index (χ0) is 13.0. The highest BCUT2D eigenvalue weighted by molar-refractivity contribution is 7.87. The summed E-state index contributed by atoms with van der Waals surface area (Å²) in [5.74, 6) is 1.26. The lowest BCUT2D eigenvalue weighted by molar-refractivity contribution is 0.280. The van der Waals surface area contributed by atoms with Crippen molar-refractivity contribution in [3.8, 4) is 0 Å². The van der Waals surface area contributed by atoms with Gasteiger partial charge in [0.1, 0.15) is 0 Å². The van der Waals surface area contributed by atoms with Crippen LogP contribution < -0.4 is 10.0 Å². The second-order valence-electron chi connectivity index (χ2n) is 5.64. The van der Waals surface area contributed by atoms with Crippen LogP contribution in [0.15, 0.2) is 0 Å². The van der Waals surface area contributed by atoms with Gasteiger partial charge in [-0.05, 0) is 24.7 Å². The largest absolute Gasteiger partial charge is 0.314 e. The lowest BCUT2D eigenvalue weighted by Crippen LogP contribution is -2.51. The topological polar surface area (TPSA) is 61.4 Å². The number of rotatable bonds is 4. The van der Waals surface area contributed by atoms with Crippen LogP contribution in [0.5, 0.6) is 0 Å². The Hall–Kier alpha value is -0.170. The number of nitrogens with zero attached hydrogens (tertiary/aromatic N) is 1. The monoisotopic (exact) mass is 275 g/mol. The third-order valence-electron chi connectivity index (χ3n) is 4.02. The molecule has 5 nitrogen and oxygen atoms in total. The van der Waals surface area contributed by atoms with E-state index in [1.165, 1.54) is 12.8 Å². The summed E-state index contributed by atoms with van der Waals surface area (Å²) in [5.41, 5.74) is 0. The van der Waals surface area contributed by atoms with E-state index >= 15 is 0 Å². The van der Waals surface area contributed by atoms with Gasteiger partial charge in [-0.1, -0.05) is 19.8 Å². The number of hydrogen-bond acceptors (Lipinski definition) is 3. The first kappa shape index (κ1) is 14.2. The van der Waals surface area contributed by atoms with Gasteiger partial charge >= 0.3 is 0 Å². The molecule has 1 saturated carbocycles. The molecule has 2 aliphatic rings. The molecule has 1 aliphatic carbocycles. The average Bonchev–Trinajstić information content (AvgIpc) is 2.38. The molecule has 6 heteroatoms. The first-order valence-corrected chi connectivity index (χ1v) is 8.47. The van der Waals surface area contributed by atoms with E-state index in [2.05, 4.69) is 17.0 Å². The molecule has 0 aromatic heterocycles. The first-order chi connectivity index (χ1) is 8.58. The van der Waals surface area contributed by atoms with Crippen LogP contribution in [0.4, 0.5) is 0 Å². The van der Waals surface area contributed by atoms with E-state index in [-0.39, 0.29) is 0 Å². The van der Waals surface area contributed by atoms with Gasteiger partial charge in [0.15, 0.2) is 0 Å². The summed E-state index contributed by atoms with van der Waals surface area (Å²) in [5, 5.41) is 3.16. The van der Waals surface area contributed by atoms with Crippen molar-refractivity contribution in [3.63, 3.8) is 0 Å². The van der Waals surface area contributed by atoms with Gasteiger partial charge in [0.2, 0.25) is 0 Å². The van der Waals surface area contributed by atoms with E-state index in [0.29, 0.717) is 25.6 Å². The summed E-state index contributed by atoms with van der Waals surface area (Å²) in [6.45, 7) is 5.53. The summed E-state index contributed by atoms with van der Waals surface area (Å²) in [6.07, 6.45) is 4.85. The molecule has 2 N–H and O–H groups in total. The molecule has 2 atom stereocenters. The van der Waals surface area contributed by atoms with Gasteiger partial charge in [-0.2, -0.15) is 12.7 Å². The first-order valence-electron chi connectivity index (χ1n) is 7.03. The predicted octanol–water partition coefficient (Wildman–Crippen LogP) is 0.552. The Kier molecular flexibility index (Phi) is 5.00. The number of nitrogens with one attached hydrogen (secondary N) is 2. The van der Waals surface area contributed by atoms with E-state index in [1.54, 1.807) is 4.31 Å². The molecule has 0 radical (unpaired) electrons. The summed E-state index contributed by atoms with van der Waals surface area (Å²) < 4.78 is 28.5. The summed E-state index contributed by atoms with van der Waals surface area (Å²) >= 11 is 0. The fraction of sp³-hybridized carbons (Fsp3) is 1.00. The fourth-order valence-corrected chi connectivity index (χ4v) is 4.24. The van der Waals surface area contributed by atoms with Crippen LogP contribution in [0.25, 0.3) is 0 Å². The molecular weight excluding hydrogens is 250 g/mol. The Morgan fingerprint density at radius 3 is 2.67 bits per heavy atom. The molecule has 1 aliphatic heterocycles. The fourth-order valence-electron chi connectivity index (χ4n) is 2.94. The quantitative estimate of drug-likeness (QED) is 0.788. The molecule has 2 unspecified atom stereocenters. The van der Waals surface area contributed by atoms with Gasteiger partial charge in [0, 0.05) is 32.7 Å². The van der Waals surface area contributed by atoms with Crippen molar-refractivity contribution in [1.82, 2.24) is 14.3 Å². The Balaban J connectivity index is 1.80. The molecule has 0 aromatic rings. The minimum Gasteiger partial charge on any atom is -0.314 e. The smallest absolute Gasteiger partial charge is 0.279 e. The Bertz CT molecular complexity index is 352. The van der Waals surface area contributed by atoms with Gasteiger partial charge in [-0.15, -0.1) is 0 Å². The molecule has 0 amide bonds. The third kappa shape index (κ3) is 3.91. The number of hydrogen-bond donors (Lipinski definition) is 2. The Morgan fingerprint density at radius 2 is 2.00 bits per heavy atom. The van der Waals surface area contributed by atoms with Crippen LogP contribution in [-0.2, 0) is 10.2 Å². The van der Waals surface area contributed by atoms with Crippen LogP contribution in [0.2, 0.25) is 0 Å². The minimum absolute atomic E-state index is 0.520. The van der Waals surface area contributed by atoms with Gasteiger partial charge in [-0.3, -0.25) is 0 Å². The highest BCUT2D eigenvalue weighted by Gasteiger charge is 2.25. The molecule has 106 valence electrons. The van der Waals surface area contributed by atoms with Gasteiger partial charge < -0.3 is 5.32 Å². The lowest BCUT2D eigenvalue weighted by atomic mass is 9.83. The predicted molar refractivity (Wildman–Crippen MR) is 72.5 cm³/mol. The van der Waals surface area contributed by atoms with E-state index in [0.717, 1.165) is 31.8 Å². The van der Waals surface area contributed by atoms with E-state index < -0.39 is 10.2 Å². The minimum atomic E-state index is -3.26. The molecule has 1 saturated heterocycles. The highest BCUT2D eigenvalue weighted by atomic mass is 32.2. The van der Waals surface area contributed by atoms with Crippen LogP contribution in [0, 0.1) is 11.8 Å². The zero-order valence-corrected chi connectivity index (χ0v) is 12.0. The van der Waals surface area contributed by atoms with E-state index in [1.807, 2.05) is 0 Å². The average molecular weight is 275 g/mol. The second kappa shape index (κ2) is 6.32. The van der Waals surface area contributed by atoms with Crippen molar-refractivity contribution in [2.24, 2.45) is 11.8 Å². The molecule has 0 spiro atoms. The maximum absolute atomic E-state index is 12.1. The van der Waals surface area contributed by atoms with Crippen molar-refractivity contribution in [2.75, 3.05) is 32.7 Å². The summed E-state index contributed by atoms with van der Waals surface area (Å²) in [7, 11) is -3.26. The van der Waals surface area contributed by atoms with Crippen molar-refractivity contribution >= 4 is 10.2 Å². The second-order valence-corrected chi connectivity index (χ2v) is 7.40. The molecule has 18 heavy (non-hydrogen) atoms. The molecule has 2 rings (SSSR count). The normalized spacial score (nSPS) is 31.4. The standard InChI is InChI=1S/C12H25N3O2S/c1-11-3-2-4-12(9-11)10-14-18(16,17)15-7-5-13-6-8-15/h11-14H,2-10H2,1H3. The van der Waals surface area contributed by atoms with Gasteiger partial charge in [0.25, 0.3) is 10.2 Å². The zero-order valence-electron chi connectivity index (χ0n) is 11.2. The molecule has 0 bridgehead atoms. The van der Waals surface area contributed by atoms with Gasteiger partial charge in [0.05, 0.1) is 0 Å². The highest BCUT2D eigenvalue weighted by Crippen LogP contribution is 2.28. The molecule has 2 fully saturated rings. The molecular formula is C12H25N3O2S. The van der Waals surface area contributed by atoms with Gasteiger partial charge in [-0.25, -0.2) is 4.72 Å². The van der Waals surface area contributed by atoms with Crippen LogP contribution >= 0.6 is 0 Å². The van der Waals surface area contributed by atoms with Crippen LogP contribution in [0.1, 0.15) is 32.6 Å². The van der Waals surface area contributed by atoms with Crippen LogP contribution in [0.3, 0.4) is 0 Å². The Labute approximate surface area is 110 Å². The third-order valence-corrected chi connectivity index (χ3v) is 5.59. The summed E-state index contributed by atoms with van der Waals surface area (Å²) in [4.78, 5) is 0. The van der Waals surface area contributed by atoms with E-state index in [9.17, 15) is 8.42 Å². The van der Waals surface area contributed by atoms with Crippen molar-refractivity contribution in [1.29, 1.82) is 0 Å². The SMILES string of the molecule is CC1CCCC(CNS(=O)(=O)N2CCNCC2)C1. The number of piperazine rings is 1.